The van der Waals surface area contributed by atoms with Gasteiger partial charge in [-0.05, 0) is 84.2 Å². The number of aliphatic hydroxyl groups is 1. The van der Waals surface area contributed by atoms with Crippen LogP contribution in [-0.2, 0) is 49.0 Å². The lowest BCUT2D eigenvalue weighted by molar-refractivity contribution is -0.172. The van der Waals surface area contributed by atoms with E-state index in [0.29, 0.717) is 29.1 Å². The molecule has 4 heterocycles. The van der Waals surface area contributed by atoms with Gasteiger partial charge < -0.3 is 33.9 Å². The molecule has 1 aromatic carbocycles. The van der Waals surface area contributed by atoms with E-state index < -0.39 is 40.9 Å². The van der Waals surface area contributed by atoms with Gasteiger partial charge in [-0.25, -0.2) is 19.4 Å². The molecule has 12 nitrogen and oxygen atoms in total. The topological polar surface area (TPSA) is 155 Å². The number of hydrogen-bond acceptors (Lipinski definition) is 10. The lowest BCUT2D eigenvalue weighted by Crippen LogP contribution is -2.44. The second-order valence-corrected chi connectivity index (χ2v) is 14.1. The molecule has 5 rings (SSSR count). The summed E-state index contributed by atoms with van der Waals surface area (Å²) in [7, 11) is 0. The number of alkyl carbamates (subject to hydrolysis) is 1. The molecule has 2 atom stereocenters. The zero-order chi connectivity index (χ0) is 35.3. The highest BCUT2D eigenvalue weighted by Gasteiger charge is 2.45. The van der Waals surface area contributed by atoms with Gasteiger partial charge >= 0.3 is 18.0 Å². The zero-order valence-electron chi connectivity index (χ0n) is 28.7. The number of pyridine rings is 2. The van der Waals surface area contributed by atoms with Crippen LogP contribution in [0.3, 0.4) is 0 Å². The minimum atomic E-state index is -1.92. The highest BCUT2D eigenvalue weighted by atomic mass is 16.6. The van der Waals surface area contributed by atoms with Crippen LogP contribution < -0.4 is 15.6 Å². The van der Waals surface area contributed by atoms with Gasteiger partial charge in [-0.2, -0.15) is 0 Å². The molecule has 0 fully saturated rings. The third-order valence-corrected chi connectivity index (χ3v) is 8.29. The zero-order valence-corrected chi connectivity index (χ0v) is 28.7. The molecule has 0 bridgehead atoms. The van der Waals surface area contributed by atoms with Crippen molar-refractivity contribution in [3.05, 3.63) is 69.0 Å². The first kappa shape index (κ1) is 34.6. The smallest absolute Gasteiger partial charge is 0.407 e. The number of carbonyl (C=O) groups excluding carboxylic acids is 3. The van der Waals surface area contributed by atoms with Crippen molar-refractivity contribution < 1.29 is 38.4 Å². The van der Waals surface area contributed by atoms with E-state index in [1.54, 1.807) is 71.2 Å². The number of aryl methyl sites for hydroxylation is 1. The summed E-state index contributed by atoms with van der Waals surface area (Å²) < 4.78 is 24.0. The van der Waals surface area contributed by atoms with Crippen molar-refractivity contribution in [1.82, 2.24) is 14.9 Å². The van der Waals surface area contributed by atoms with E-state index in [9.17, 15) is 24.3 Å². The van der Waals surface area contributed by atoms with Crippen LogP contribution in [0.15, 0.2) is 41.2 Å². The number of fused-ring (bicyclic) bond motifs is 5. The molecule has 0 aliphatic carbocycles. The van der Waals surface area contributed by atoms with Gasteiger partial charge in [0.05, 0.1) is 41.1 Å². The fourth-order valence-corrected chi connectivity index (χ4v) is 5.98. The van der Waals surface area contributed by atoms with Gasteiger partial charge in [-0.1, -0.05) is 20.4 Å². The molecule has 0 spiro atoms. The Labute approximate surface area is 279 Å². The summed E-state index contributed by atoms with van der Waals surface area (Å²) in [6, 6.07) is 6.97. The molecule has 3 aromatic rings. The Morgan fingerprint density at radius 1 is 1.08 bits per heavy atom. The van der Waals surface area contributed by atoms with Crippen molar-refractivity contribution in [1.29, 1.82) is 0 Å². The van der Waals surface area contributed by atoms with Crippen molar-refractivity contribution in [3.8, 4) is 17.1 Å². The summed E-state index contributed by atoms with van der Waals surface area (Å²) in [5.41, 5.74) is 0.309. The van der Waals surface area contributed by atoms with E-state index in [1.165, 1.54) is 0 Å². The van der Waals surface area contributed by atoms with Crippen molar-refractivity contribution >= 4 is 28.9 Å². The van der Waals surface area contributed by atoms with Crippen molar-refractivity contribution in [2.24, 2.45) is 0 Å². The maximum Gasteiger partial charge on any atom is 0.407 e. The first-order valence-electron chi connectivity index (χ1n) is 16.0. The van der Waals surface area contributed by atoms with E-state index in [0.717, 1.165) is 16.5 Å². The Bertz CT molecular complexity index is 1900. The normalized spacial score (nSPS) is 17.5. The lowest BCUT2D eigenvalue weighted by Gasteiger charge is -2.31. The lowest BCUT2D eigenvalue weighted by atomic mass is 9.86. The van der Waals surface area contributed by atoms with Crippen LogP contribution in [-0.4, -0.2) is 56.5 Å². The number of aromatic nitrogens is 2. The van der Waals surface area contributed by atoms with Crippen LogP contribution in [0.25, 0.3) is 22.3 Å². The molecule has 0 radical (unpaired) electrons. The number of benzene rings is 1. The van der Waals surface area contributed by atoms with Gasteiger partial charge in [0.1, 0.15) is 29.7 Å². The predicted molar refractivity (Wildman–Crippen MR) is 178 cm³/mol. The summed E-state index contributed by atoms with van der Waals surface area (Å²) in [5.74, 6) is -1.05. The molecule has 0 saturated carbocycles. The van der Waals surface area contributed by atoms with Gasteiger partial charge in [0.25, 0.3) is 5.56 Å². The fourth-order valence-electron chi connectivity index (χ4n) is 5.98. The average molecular weight is 662 g/mol. The molecule has 12 heteroatoms. The Balaban J connectivity index is 1.52. The predicted octanol–water partition coefficient (Wildman–Crippen LogP) is 4.81. The molecule has 1 unspecified atom stereocenters. The number of amides is 1. The van der Waals surface area contributed by atoms with Crippen LogP contribution in [0.4, 0.5) is 4.79 Å². The van der Waals surface area contributed by atoms with E-state index in [1.807, 2.05) is 13.0 Å². The van der Waals surface area contributed by atoms with E-state index in [4.69, 9.17) is 23.9 Å². The highest BCUT2D eigenvalue weighted by Crippen LogP contribution is 2.41. The number of nitrogens with zero attached hydrogens (tertiary/aromatic N) is 2. The molecule has 2 N–H and O–H groups in total. The fraction of sp³-hybridized carbons (Fsp3) is 0.472. The number of carbonyl (C=O) groups is 3. The number of nitrogens with one attached hydrogen (secondary N) is 1. The average Bonchev–Trinajstić information content (AvgIpc) is 3.36. The molecule has 2 aromatic heterocycles. The van der Waals surface area contributed by atoms with Crippen LogP contribution in [0.1, 0.15) is 84.1 Å². The van der Waals surface area contributed by atoms with E-state index in [-0.39, 0.29) is 48.4 Å². The van der Waals surface area contributed by atoms with Crippen LogP contribution in [0, 0.1) is 0 Å². The molecule has 48 heavy (non-hydrogen) atoms. The summed E-state index contributed by atoms with van der Waals surface area (Å²) in [6.07, 6.45) is -1.02. The number of esters is 2. The number of hydrogen-bond donors (Lipinski definition) is 2. The Morgan fingerprint density at radius 3 is 2.40 bits per heavy atom. The molecular formula is C36H43N3O9. The third-order valence-electron chi connectivity index (χ3n) is 8.29. The first-order valence-corrected chi connectivity index (χ1v) is 16.0. The molecule has 2 aliphatic heterocycles. The van der Waals surface area contributed by atoms with Crippen molar-refractivity contribution in [2.45, 2.75) is 104 Å². The largest absolute Gasteiger partial charge is 0.484 e. The van der Waals surface area contributed by atoms with Gasteiger partial charge in [0, 0.05) is 16.5 Å². The van der Waals surface area contributed by atoms with Gasteiger partial charge in [-0.15, -0.1) is 0 Å². The first-order chi connectivity index (χ1) is 22.4. The van der Waals surface area contributed by atoms with Crippen molar-refractivity contribution in [2.75, 3.05) is 6.54 Å². The molecule has 2 aliphatic rings. The SMILES string of the molecule is C=C(C(=O)OC(C)(C)C)C(CNC(=O)OC(C)(C)C)Oc1ccc2nc3c(c(CC)c2c1)Cn1c-3cc2c(c1=O)COC(=O)[C@]2(O)CC. The van der Waals surface area contributed by atoms with E-state index in [2.05, 4.69) is 11.9 Å². The Hall–Kier alpha value is -4.71. The second kappa shape index (κ2) is 12.4. The number of cyclic esters (lactones) is 1. The second-order valence-electron chi connectivity index (χ2n) is 14.1. The maximum atomic E-state index is 13.7. The highest BCUT2D eigenvalue weighted by molar-refractivity contribution is 5.91. The van der Waals surface area contributed by atoms with Crippen LogP contribution in [0.2, 0.25) is 0 Å². The van der Waals surface area contributed by atoms with Gasteiger partial charge in [-0.3, -0.25) is 4.79 Å². The number of rotatable bonds is 8. The standard InChI is InChI=1S/C36H43N3O9/c1-10-21-22-14-20(46-28(16-37-33(43)48-35(7,8)9)19(3)31(41)47-34(4,5)6)12-13-26(22)38-29-23(21)17-39-27(29)15-25-24(30(39)40)18-45-32(42)36(25,44)11-2/h12-15,28,44H,3,10-11,16-18H2,1-2,4-9H3,(H,37,43)/t28?,36-/m0/s1. The summed E-state index contributed by atoms with van der Waals surface area (Å²) >= 11 is 0. The molecule has 1 amide bonds. The molecule has 256 valence electrons. The monoisotopic (exact) mass is 661 g/mol. The number of ether oxygens (including phenoxy) is 4. The van der Waals surface area contributed by atoms with E-state index >= 15 is 0 Å². The summed E-state index contributed by atoms with van der Waals surface area (Å²) in [5, 5.41) is 14.6. The quantitative estimate of drug-likeness (QED) is 0.153. The summed E-state index contributed by atoms with van der Waals surface area (Å²) in [6.45, 7) is 18.0. The molecule has 0 saturated heterocycles. The molecular weight excluding hydrogens is 618 g/mol. The Kier molecular flexibility index (Phi) is 8.93. The van der Waals surface area contributed by atoms with Crippen molar-refractivity contribution in [3.63, 3.8) is 0 Å². The van der Waals surface area contributed by atoms with Crippen LogP contribution in [0.5, 0.6) is 5.75 Å². The third kappa shape index (κ3) is 6.53. The van der Waals surface area contributed by atoms with Gasteiger partial charge in [0.2, 0.25) is 0 Å². The maximum absolute atomic E-state index is 13.7. The minimum Gasteiger partial charge on any atom is -0.484 e. The van der Waals surface area contributed by atoms with Crippen LogP contribution >= 0.6 is 0 Å². The summed E-state index contributed by atoms with van der Waals surface area (Å²) in [4.78, 5) is 56.6. The Morgan fingerprint density at radius 2 is 1.77 bits per heavy atom. The minimum absolute atomic E-state index is 0.0113. The van der Waals surface area contributed by atoms with Gasteiger partial charge in [0.15, 0.2) is 5.60 Å².